The lowest BCUT2D eigenvalue weighted by Crippen LogP contribution is -1.92. The zero-order chi connectivity index (χ0) is 8.01. The Labute approximate surface area is 83.8 Å². The van der Waals surface area contributed by atoms with Crippen LogP contribution in [0.3, 0.4) is 0 Å². The molecule has 1 aliphatic rings. The van der Waals surface area contributed by atoms with E-state index < -0.39 is 0 Å². The van der Waals surface area contributed by atoms with E-state index in [4.69, 9.17) is 4.74 Å². The highest BCUT2D eigenvalue weighted by atomic mass is 79.9. The van der Waals surface area contributed by atoms with Crippen molar-refractivity contribution in [3.05, 3.63) is 18.7 Å². The zero-order valence-corrected chi connectivity index (χ0v) is 9.18. The lowest BCUT2D eigenvalue weighted by atomic mass is 10.2. The third-order valence-electron chi connectivity index (χ3n) is 1.47. The number of thiophene rings is 1. The van der Waals surface area contributed by atoms with Crippen molar-refractivity contribution >= 4 is 49.2 Å². The van der Waals surface area contributed by atoms with Crippen LogP contribution >= 0.6 is 43.2 Å². The Morgan fingerprint density at radius 1 is 1.36 bits per heavy atom. The molecule has 0 saturated carbocycles. The third kappa shape index (κ3) is 1.06. The van der Waals surface area contributed by atoms with Gasteiger partial charge >= 0.3 is 5.97 Å². The summed E-state index contributed by atoms with van der Waals surface area (Å²) in [5.74, 6) is -0.228. The fraction of sp³-hybridized carbons (Fsp3) is 0.167. The Kier molecular flexibility index (Phi) is 1.81. The zero-order valence-electron chi connectivity index (χ0n) is 5.19. The van der Waals surface area contributed by atoms with E-state index in [0.29, 0.717) is 12.2 Å². The Hall–Kier alpha value is 0.130. The molecular formula is C6H2Br2O2S. The largest absolute Gasteiger partial charge is 0.457 e. The highest BCUT2D eigenvalue weighted by Gasteiger charge is 2.28. The maximum absolute atomic E-state index is 11.0. The van der Waals surface area contributed by atoms with Gasteiger partial charge in [-0.25, -0.2) is 4.79 Å². The molecule has 5 heteroatoms. The fourth-order valence-corrected chi connectivity index (χ4v) is 4.04. The van der Waals surface area contributed by atoms with E-state index in [0.717, 1.165) is 13.1 Å². The Morgan fingerprint density at radius 3 is 2.73 bits per heavy atom. The van der Waals surface area contributed by atoms with E-state index in [1.165, 1.54) is 11.3 Å². The smallest absolute Gasteiger partial charge is 0.340 e. The van der Waals surface area contributed by atoms with Crippen molar-refractivity contribution in [2.75, 3.05) is 0 Å². The minimum Gasteiger partial charge on any atom is -0.457 e. The van der Waals surface area contributed by atoms with Crippen molar-refractivity contribution < 1.29 is 9.53 Å². The maximum atomic E-state index is 11.0. The molecule has 2 nitrogen and oxygen atoms in total. The van der Waals surface area contributed by atoms with Gasteiger partial charge in [0.25, 0.3) is 0 Å². The summed E-state index contributed by atoms with van der Waals surface area (Å²) in [7, 11) is 0. The lowest BCUT2D eigenvalue weighted by Gasteiger charge is -1.89. The summed E-state index contributed by atoms with van der Waals surface area (Å²) in [6.45, 7) is 0.400. The summed E-state index contributed by atoms with van der Waals surface area (Å²) in [6, 6.07) is 0. The second kappa shape index (κ2) is 2.57. The minimum atomic E-state index is -0.228. The molecule has 0 amide bonds. The molecule has 2 rings (SSSR count). The number of rotatable bonds is 0. The molecule has 0 radical (unpaired) electrons. The molecule has 0 bridgehead atoms. The minimum absolute atomic E-state index is 0.228. The number of halogens is 2. The third-order valence-corrected chi connectivity index (χ3v) is 4.12. The van der Waals surface area contributed by atoms with Gasteiger partial charge < -0.3 is 4.74 Å². The SMILES string of the molecule is O=C1OCc2c(Br)sc(Br)c21. The molecular weight excluding hydrogens is 296 g/mol. The molecule has 0 spiro atoms. The van der Waals surface area contributed by atoms with Crippen molar-refractivity contribution in [3.63, 3.8) is 0 Å². The number of fused-ring (bicyclic) bond motifs is 1. The van der Waals surface area contributed by atoms with Crippen LogP contribution in [0, 0.1) is 0 Å². The van der Waals surface area contributed by atoms with Crippen molar-refractivity contribution in [2.24, 2.45) is 0 Å². The van der Waals surface area contributed by atoms with Crippen LogP contribution in [0.15, 0.2) is 7.57 Å². The van der Waals surface area contributed by atoms with Crippen LogP contribution in [0.4, 0.5) is 0 Å². The standard InChI is InChI=1S/C6H2Br2O2S/c7-4-2-1-10-6(9)3(2)5(8)11-4/h1H2. The molecule has 1 aromatic heterocycles. The van der Waals surface area contributed by atoms with Crippen LogP contribution in [-0.4, -0.2) is 5.97 Å². The number of cyclic esters (lactones) is 1. The van der Waals surface area contributed by atoms with Gasteiger partial charge in [0, 0.05) is 5.56 Å². The van der Waals surface area contributed by atoms with Gasteiger partial charge in [-0.1, -0.05) is 0 Å². The average Bonchev–Trinajstić information content (AvgIpc) is 2.41. The molecule has 11 heavy (non-hydrogen) atoms. The number of carbonyl (C=O) groups is 1. The Bertz CT molecular complexity index is 332. The van der Waals surface area contributed by atoms with Crippen LogP contribution in [0.2, 0.25) is 0 Å². The van der Waals surface area contributed by atoms with E-state index in [-0.39, 0.29) is 5.97 Å². The number of hydrogen-bond donors (Lipinski definition) is 0. The molecule has 0 aromatic carbocycles. The highest BCUT2D eigenvalue weighted by Crippen LogP contribution is 2.40. The predicted octanol–water partition coefficient (Wildman–Crippen LogP) is 2.94. The second-order valence-electron chi connectivity index (χ2n) is 2.08. The summed E-state index contributed by atoms with van der Waals surface area (Å²) in [6.07, 6.45) is 0. The van der Waals surface area contributed by atoms with Crippen LogP contribution < -0.4 is 0 Å². The number of hydrogen-bond acceptors (Lipinski definition) is 3. The molecule has 58 valence electrons. The number of ether oxygens (including phenoxy) is 1. The molecule has 0 fully saturated rings. The Morgan fingerprint density at radius 2 is 2.09 bits per heavy atom. The first-order valence-electron chi connectivity index (χ1n) is 2.84. The lowest BCUT2D eigenvalue weighted by molar-refractivity contribution is 0.0534. The molecule has 0 unspecified atom stereocenters. The second-order valence-corrected chi connectivity index (χ2v) is 5.74. The van der Waals surface area contributed by atoms with Crippen LogP contribution in [0.1, 0.15) is 15.9 Å². The Balaban J connectivity index is 2.69. The van der Waals surface area contributed by atoms with Crippen molar-refractivity contribution in [1.82, 2.24) is 0 Å². The fourth-order valence-electron chi connectivity index (χ4n) is 0.950. The molecule has 0 aliphatic carbocycles. The quantitative estimate of drug-likeness (QED) is 0.688. The topological polar surface area (TPSA) is 26.3 Å². The van der Waals surface area contributed by atoms with Gasteiger partial charge in [-0.3, -0.25) is 0 Å². The summed E-state index contributed by atoms with van der Waals surface area (Å²) >= 11 is 8.16. The van der Waals surface area contributed by atoms with Gasteiger partial charge in [0.1, 0.15) is 6.61 Å². The van der Waals surface area contributed by atoms with Gasteiger partial charge in [-0.15, -0.1) is 11.3 Å². The predicted molar refractivity (Wildman–Crippen MR) is 48.8 cm³/mol. The van der Waals surface area contributed by atoms with Crippen molar-refractivity contribution in [2.45, 2.75) is 6.61 Å². The molecule has 2 heterocycles. The average molecular weight is 298 g/mol. The molecule has 1 aliphatic heterocycles. The summed E-state index contributed by atoms with van der Waals surface area (Å²) < 4.78 is 6.66. The number of carbonyl (C=O) groups excluding carboxylic acids is 1. The maximum Gasteiger partial charge on any atom is 0.340 e. The number of esters is 1. The van der Waals surface area contributed by atoms with Crippen LogP contribution in [0.5, 0.6) is 0 Å². The van der Waals surface area contributed by atoms with E-state index in [2.05, 4.69) is 31.9 Å². The summed E-state index contributed by atoms with van der Waals surface area (Å²) in [5.41, 5.74) is 1.65. The van der Waals surface area contributed by atoms with Crippen LogP contribution in [0.25, 0.3) is 0 Å². The van der Waals surface area contributed by atoms with Gasteiger partial charge in [0.15, 0.2) is 0 Å². The van der Waals surface area contributed by atoms with E-state index in [1.54, 1.807) is 0 Å². The van der Waals surface area contributed by atoms with Crippen LogP contribution in [-0.2, 0) is 11.3 Å². The first-order chi connectivity index (χ1) is 5.20. The van der Waals surface area contributed by atoms with E-state index in [9.17, 15) is 4.79 Å². The first-order valence-corrected chi connectivity index (χ1v) is 5.24. The van der Waals surface area contributed by atoms with E-state index >= 15 is 0 Å². The van der Waals surface area contributed by atoms with Gasteiger partial charge in [0.05, 0.1) is 13.1 Å². The highest BCUT2D eigenvalue weighted by molar-refractivity contribution is 9.12. The van der Waals surface area contributed by atoms with Crippen molar-refractivity contribution in [1.29, 1.82) is 0 Å². The molecule has 0 saturated heterocycles. The first kappa shape index (κ1) is 7.76. The normalized spacial score (nSPS) is 14.9. The van der Waals surface area contributed by atoms with Gasteiger partial charge in [-0.05, 0) is 31.9 Å². The van der Waals surface area contributed by atoms with Gasteiger partial charge in [-0.2, -0.15) is 0 Å². The molecule has 0 atom stereocenters. The summed E-state index contributed by atoms with van der Waals surface area (Å²) in [4.78, 5) is 11.0. The van der Waals surface area contributed by atoms with Gasteiger partial charge in [0.2, 0.25) is 0 Å². The van der Waals surface area contributed by atoms with E-state index in [1.807, 2.05) is 0 Å². The summed E-state index contributed by atoms with van der Waals surface area (Å²) in [5, 5.41) is 0. The monoisotopic (exact) mass is 296 g/mol. The van der Waals surface area contributed by atoms with Crippen molar-refractivity contribution in [3.8, 4) is 0 Å². The molecule has 1 aromatic rings. The molecule has 0 N–H and O–H groups in total.